The third-order valence-corrected chi connectivity index (χ3v) is 9.41. The second-order valence-corrected chi connectivity index (χ2v) is 13.0. The fourth-order valence-electron chi connectivity index (χ4n) is 6.63. The summed E-state index contributed by atoms with van der Waals surface area (Å²) < 4.78 is 0. The maximum atomic E-state index is 3.88. The molecule has 0 saturated carbocycles. The standard InChI is InChI=1S/C34H70N4/c1-5-9-13-17-21-27-33(28-22-18-14-10-6-2)35-37(33)31-25-26-32-38-34(36-38,29-23-19-15-11-7-3)30-24-20-16-12-8-4/h35-36H,5-32H2,1-4H3. The van der Waals surface area contributed by atoms with E-state index < -0.39 is 0 Å². The minimum atomic E-state index is 0.345. The maximum absolute atomic E-state index is 3.88. The molecule has 2 rings (SSSR count). The molecule has 4 nitrogen and oxygen atoms in total. The third-order valence-electron chi connectivity index (χ3n) is 9.41. The number of nitrogens with zero attached hydrogens (tertiary/aromatic N) is 2. The van der Waals surface area contributed by atoms with E-state index >= 15 is 0 Å². The smallest absolute Gasteiger partial charge is 0.0974 e. The zero-order valence-electron chi connectivity index (χ0n) is 26.7. The Balaban J connectivity index is 1.69. The molecule has 2 atom stereocenters. The van der Waals surface area contributed by atoms with Gasteiger partial charge in [0.05, 0.1) is 11.3 Å². The molecule has 0 aliphatic carbocycles. The van der Waals surface area contributed by atoms with Crippen molar-refractivity contribution >= 4 is 0 Å². The van der Waals surface area contributed by atoms with Gasteiger partial charge < -0.3 is 0 Å². The molecule has 0 radical (unpaired) electrons. The van der Waals surface area contributed by atoms with Crippen molar-refractivity contribution in [1.29, 1.82) is 0 Å². The number of nitrogens with one attached hydrogen (secondary N) is 2. The van der Waals surface area contributed by atoms with Crippen LogP contribution in [0, 0.1) is 0 Å². The number of unbranched alkanes of at least 4 members (excludes halogenated alkanes) is 17. The lowest BCUT2D eigenvalue weighted by molar-refractivity contribution is 0.313. The van der Waals surface area contributed by atoms with Crippen LogP contribution in [-0.4, -0.2) is 34.4 Å². The quantitative estimate of drug-likeness (QED) is 0.0740. The van der Waals surface area contributed by atoms with Crippen molar-refractivity contribution in [3.63, 3.8) is 0 Å². The van der Waals surface area contributed by atoms with Gasteiger partial charge in [-0.25, -0.2) is 20.9 Å². The molecule has 4 heteroatoms. The van der Waals surface area contributed by atoms with Gasteiger partial charge in [-0.1, -0.05) is 156 Å². The molecule has 2 fully saturated rings. The molecule has 2 aliphatic rings. The van der Waals surface area contributed by atoms with Crippen LogP contribution in [0.5, 0.6) is 0 Å². The number of hydrogen-bond acceptors (Lipinski definition) is 4. The minimum Gasteiger partial charge on any atom is -0.232 e. The molecule has 0 bridgehead atoms. The summed E-state index contributed by atoms with van der Waals surface area (Å²) in [5, 5.41) is 5.27. The Hall–Kier alpha value is -0.160. The van der Waals surface area contributed by atoms with E-state index in [1.165, 1.54) is 180 Å². The van der Waals surface area contributed by atoms with Crippen LogP contribution in [0.1, 0.15) is 195 Å². The SMILES string of the molecule is CCCCCCCC1(CCCCCCC)NN1CCCCN1NC1(CCCCCCC)CCCCCCC. The lowest BCUT2D eigenvalue weighted by atomic mass is 9.97. The van der Waals surface area contributed by atoms with Gasteiger partial charge in [0.25, 0.3) is 0 Å². The Bertz CT molecular complexity index is 475. The lowest BCUT2D eigenvalue weighted by Crippen LogP contribution is -2.22. The number of rotatable bonds is 29. The summed E-state index contributed by atoms with van der Waals surface area (Å²) in [5.41, 5.74) is 8.44. The summed E-state index contributed by atoms with van der Waals surface area (Å²) in [7, 11) is 0. The molecule has 2 unspecified atom stereocenters. The van der Waals surface area contributed by atoms with E-state index in [2.05, 4.69) is 48.6 Å². The van der Waals surface area contributed by atoms with Gasteiger partial charge in [-0.15, -0.1) is 0 Å². The molecular formula is C34H70N4. The van der Waals surface area contributed by atoms with E-state index in [1.54, 1.807) is 0 Å². The highest BCUT2D eigenvalue weighted by Gasteiger charge is 2.51. The van der Waals surface area contributed by atoms with Crippen molar-refractivity contribution in [2.45, 2.75) is 206 Å². The Morgan fingerprint density at radius 1 is 0.342 bits per heavy atom. The molecule has 2 saturated heterocycles. The largest absolute Gasteiger partial charge is 0.232 e. The topological polar surface area (TPSA) is 49.9 Å². The molecule has 2 heterocycles. The van der Waals surface area contributed by atoms with Gasteiger partial charge in [-0.2, -0.15) is 0 Å². The van der Waals surface area contributed by atoms with Gasteiger partial charge in [-0.3, -0.25) is 0 Å². The first-order valence-electron chi connectivity index (χ1n) is 17.8. The van der Waals surface area contributed by atoms with E-state index in [1.807, 2.05) is 0 Å². The van der Waals surface area contributed by atoms with E-state index in [4.69, 9.17) is 0 Å². The third kappa shape index (κ3) is 13.5. The van der Waals surface area contributed by atoms with Gasteiger partial charge >= 0.3 is 0 Å². The van der Waals surface area contributed by atoms with Crippen LogP contribution in [0.4, 0.5) is 0 Å². The Labute approximate surface area is 239 Å². The second-order valence-electron chi connectivity index (χ2n) is 13.0. The van der Waals surface area contributed by atoms with Crippen molar-refractivity contribution < 1.29 is 0 Å². The van der Waals surface area contributed by atoms with Crippen LogP contribution >= 0.6 is 0 Å². The molecule has 0 aromatic heterocycles. The highest BCUT2D eigenvalue weighted by Crippen LogP contribution is 2.38. The van der Waals surface area contributed by atoms with Crippen molar-refractivity contribution in [3.05, 3.63) is 0 Å². The van der Waals surface area contributed by atoms with Crippen LogP contribution in [0.15, 0.2) is 0 Å². The molecule has 0 aromatic rings. The molecule has 226 valence electrons. The first-order chi connectivity index (χ1) is 18.7. The highest BCUT2D eigenvalue weighted by molar-refractivity contribution is 4.99. The van der Waals surface area contributed by atoms with Crippen LogP contribution in [0.2, 0.25) is 0 Å². The summed E-state index contributed by atoms with van der Waals surface area (Å²) in [6.45, 7) is 11.8. The zero-order chi connectivity index (χ0) is 27.4. The van der Waals surface area contributed by atoms with E-state index in [-0.39, 0.29) is 0 Å². The highest BCUT2D eigenvalue weighted by atomic mass is 15.8. The zero-order valence-corrected chi connectivity index (χ0v) is 26.7. The average molecular weight is 535 g/mol. The van der Waals surface area contributed by atoms with Gasteiger partial charge in [0.1, 0.15) is 0 Å². The van der Waals surface area contributed by atoms with Crippen LogP contribution in [0.25, 0.3) is 0 Å². The molecule has 0 spiro atoms. The van der Waals surface area contributed by atoms with Crippen molar-refractivity contribution in [3.8, 4) is 0 Å². The van der Waals surface area contributed by atoms with E-state index in [0.29, 0.717) is 11.3 Å². The lowest BCUT2D eigenvalue weighted by Gasteiger charge is -2.16. The Morgan fingerprint density at radius 2 is 0.605 bits per heavy atom. The van der Waals surface area contributed by atoms with Crippen molar-refractivity contribution in [2.75, 3.05) is 13.1 Å². The summed E-state index contributed by atoms with van der Waals surface area (Å²) >= 11 is 0. The molecule has 2 N–H and O–H groups in total. The predicted molar refractivity (Wildman–Crippen MR) is 168 cm³/mol. The number of hydrazine groups is 2. The first-order valence-corrected chi connectivity index (χ1v) is 17.8. The van der Waals surface area contributed by atoms with Crippen LogP contribution in [0.3, 0.4) is 0 Å². The molecule has 2 aliphatic heterocycles. The predicted octanol–water partition coefficient (Wildman–Crippen LogP) is 10.2. The number of hydrogen-bond donors (Lipinski definition) is 2. The van der Waals surface area contributed by atoms with Gasteiger partial charge in [-0.05, 0) is 38.5 Å². The fourth-order valence-corrected chi connectivity index (χ4v) is 6.63. The average Bonchev–Trinajstić information content (AvgIpc) is 3.81. The monoisotopic (exact) mass is 535 g/mol. The molecule has 0 amide bonds. The van der Waals surface area contributed by atoms with Crippen molar-refractivity contribution in [2.24, 2.45) is 0 Å². The molecule has 0 aromatic carbocycles. The summed E-state index contributed by atoms with van der Waals surface area (Å²) in [6.07, 6.45) is 36.0. The normalized spacial score (nSPS) is 21.2. The van der Waals surface area contributed by atoms with Gasteiger partial charge in [0.15, 0.2) is 0 Å². The Morgan fingerprint density at radius 3 is 0.868 bits per heavy atom. The van der Waals surface area contributed by atoms with Gasteiger partial charge in [0, 0.05) is 13.1 Å². The minimum absolute atomic E-state index is 0.345. The summed E-state index contributed by atoms with van der Waals surface area (Å²) in [6, 6.07) is 0. The molecule has 38 heavy (non-hydrogen) atoms. The van der Waals surface area contributed by atoms with Gasteiger partial charge in [0.2, 0.25) is 0 Å². The van der Waals surface area contributed by atoms with E-state index in [9.17, 15) is 0 Å². The van der Waals surface area contributed by atoms with E-state index in [0.717, 1.165) is 0 Å². The summed E-state index contributed by atoms with van der Waals surface area (Å²) in [4.78, 5) is 0. The fraction of sp³-hybridized carbons (Fsp3) is 1.00. The summed E-state index contributed by atoms with van der Waals surface area (Å²) in [5.74, 6) is 0. The molecular weight excluding hydrogens is 464 g/mol. The van der Waals surface area contributed by atoms with Crippen LogP contribution in [-0.2, 0) is 0 Å². The maximum Gasteiger partial charge on any atom is 0.0974 e. The van der Waals surface area contributed by atoms with Crippen LogP contribution < -0.4 is 10.9 Å². The second kappa shape index (κ2) is 20.7. The van der Waals surface area contributed by atoms with Crippen molar-refractivity contribution in [1.82, 2.24) is 20.9 Å². The first kappa shape index (κ1) is 34.0. The Kier molecular flexibility index (Phi) is 18.5.